The van der Waals surface area contributed by atoms with Gasteiger partial charge in [0.05, 0.1) is 11.3 Å². The normalized spacial score (nSPS) is 11.0. The van der Waals surface area contributed by atoms with E-state index in [4.69, 9.17) is 0 Å². The Hall–Kier alpha value is -1.58. The van der Waals surface area contributed by atoms with E-state index in [0.717, 1.165) is 31.7 Å². The molecule has 1 aromatic heterocycles. The van der Waals surface area contributed by atoms with E-state index in [2.05, 4.69) is 44.9 Å². The first kappa shape index (κ1) is 17.5. The van der Waals surface area contributed by atoms with Crippen molar-refractivity contribution in [3.05, 3.63) is 24.0 Å². The summed E-state index contributed by atoms with van der Waals surface area (Å²) in [7, 11) is 0. The fourth-order valence-electron chi connectivity index (χ4n) is 2.27. The molecule has 0 aliphatic carbocycles. The Balaban J connectivity index is 2.96. The van der Waals surface area contributed by atoms with Crippen LogP contribution in [0, 0.1) is 11.8 Å². The zero-order chi connectivity index (χ0) is 15.8. The van der Waals surface area contributed by atoms with Gasteiger partial charge in [-0.2, -0.15) is 0 Å². The van der Waals surface area contributed by atoms with Crippen LogP contribution in [0.25, 0.3) is 0 Å². The maximum absolute atomic E-state index is 12.8. The fourth-order valence-corrected chi connectivity index (χ4v) is 2.27. The van der Waals surface area contributed by atoms with Crippen LogP contribution in [0.3, 0.4) is 0 Å². The molecule has 0 aromatic carbocycles. The minimum atomic E-state index is 0.0732. The van der Waals surface area contributed by atoms with Gasteiger partial charge in [0.2, 0.25) is 0 Å². The number of pyridine rings is 1. The van der Waals surface area contributed by atoms with Crippen LogP contribution in [0.5, 0.6) is 0 Å². The molecule has 0 unspecified atom stereocenters. The summed E-state index contributed by atoms with van der Waals surface area (Å²) in [6, 6.07) is 1.88. The molecule has 0 saturated carbocycles. The molecule has 0 atom stereocenters. The van der Waals surface area contributed by atoms with Gasteiger partial charge in [-0.25, -0.2) is 0 Å². The zero-order valence-corrected chi connectivity index (χ0v) is 14.0. The lowest BCUT2D eigenvalue weighted by molar-refractivity contribution is 0.0715. The number of nitrogens with zero attached hydrogens (tertiary/aromatic N) is 2. The minimum absolute atomic E-state index is 0.0732. The van der Waals surface area contributed by atoms with Crippen molar-refractivity contribution in [2.24, 2.45) is 11.8 Å². The molecule has 1 heterocycles. The van der Waals surface area contributed by atoms with Crippen molar-refractivity contribution in [3.63, 3.8) is 0 Å². The highest BCUT2D eigenvalue weighted by molar-refractivity contribution is 5.99. The van der Waals surface area contributed by atoms with E-state index < -0.39 is 0 Å². The second kappa shape index (κ2) is 8.65. The van der Waals surface area contributed by atoms with Crippen molar-refractivity contribution in [1.82, 2.24) is 9.88 Å². The van der Waals surface area contributed by atoms with Crippen molar-refractivity contribution in [3.8, 4) is 0 Å². The summed E-state index contributed by atoms with van der Waals surface area (Å²) in [6.45, 7) is 13.1. The third kappa shape index (κ3) is 5.74. The number of carbonyl (C=O) groups excluding carboxylic acids is 1. The molecule has 0 bridgehead atoms. The number of hydrogen-bond donors (Lipinski definition) is 1. The third-order valence-electron chi connectivity index (χ3n) is 3.08. The van der Waals surface area contributed by atoms with Crippen LogP contribution in [0.4, 0.5) is 5.69 Å². The molecule has 4 heteroatoms. The van der Waals surface area contributed by atoms with Gasteiger partial charge in [-0.1, -0.05) is 34.6 Å². The van der Waals surface area contributed by atoms with Gasteiger partial charge in [-0.05, 0) is 24.3 Å². The molecular weight excluding hydrogens is 262 g/mol. The van der Waals surface area contributed by atoms with Gasteiger partial charge in [0.15, 0.2) is 0 Å². The predicted molar refractivity (Wildman–Crippen MR) is 88.6 cm³/mol. The third-order valence-corrected chi connectivity index (χ3v) is 3.08. The monoisotopic (exact) mass is 291 g/mol. The number of anilines is 1. The Morgan fingerprint density at radius 3 is 2.38 bits per heavy atom. The number of carbonyl (C=O) groups is 1. The zero-order valence-electron chi connectivity index (χ0n) is 14.0. The van der Waals surface area contributed by atoms with Crippen LogP contribution in [0.1, 0.15) is 51.4 Å². The highest BCUT2D eigenvalue weighted by atomic mass is 16.2. The lowest BCUT2D eigenvalue weighted by Gasteiger charge is -2.27. The first-order valence-electron chi connectivity index (χ1n) is 7.92. The second-order valence-electron chi connectivity index (χ2n) is 6.35. The summed E-state index contributed by atoms with van der Waals surface area (Å²) in [4.78, 5) is 18.9. The van der Waals surface area contributed by atoms with E-state index in [9.17, 15) is 4.79 Å². The van der Waals surface area contributed by atoms with Gasteiger partial charge in [0.1, 0.15) is 0 Å². The smallest absolute Gasteiger partial charge is 0.257 e. The van der Waals surface area contributed by atoms with E-state index in [1.165, 1.54) is 0 Å². The topological polar surface area (TPSA) is 45.2 Å². The number of hydrogen-bond acceptors (Lipinski definition) is 3. The molecule has 21 heavy (non-hydrogen) atoms. The lowest BCUT2D eigenvalue weighted by Crippen LogP contribution is -2.37. The fraction of sp³-hybridized carbons (Fsp3) is 0.647. The Morgan fingerprint density at radius 2 is 1.86 bits per heavy atom. The van der Waals surface area contributed by atoms with Crippen LogP contribution < -0.4 is 5.32 Å². The largest absolute Gasteiger partial charge is 0.384 e. The Morgan fingerprint density at radius 1 is 1.24 bits per heavy atom. The molecule has 0 spiro atoms. The average molecular weight is 291 g/mol. The summed E-state index contributed by atoms with van der Waals surface area (Å²) in [6.07, 6.45) is 4.43. The summed E-state index contributed by atoms with van der Waals surface area (Å²) < 4.78 is 0. The Kier molecular flexibility index (Phi) is 7.20. The molecule has 0 saturated heterocycles. The molecule has 0 radical (unpaired) electrons. The highest BCUT2D eigenvalue weighted by Gasteiger charge is 2.20. The number of amides is 1. The molecular formula is C17H29N3O. The van der Waals surface area contributed by atoms with Crippen LogP contribution in [0.2, 0.25) is 0 Å². The maximum atomic E-state index is 12.8. The molecule has 1 N–H and O–H groups in total. The van der Waals surface area contributed by atoms with Crippen molar-refractivity contribution in [1.29, 1.82) is 0 Å². The molecule has 1 amide bonds. The molecule has 0 aliphatic rings. The SMILES string of the molecule is CCCNc1ccncc1C(=O)N(CC(C)C)CC(C)C. The van der Waals surface area contributed by atoms with Gasteiger partial charge in [0.25, 0.3) is 5.91 Å². The standard InChI is InChI=1S/C17H29N3O/c1-6-8-19-16-7-9-18-10-15(16)17(21)20(11-13(2)3)12-14(4)5/h7,9-10,13-14H,6,8,11-12H2,1-5H3,(H,18,19). The summed E-state index contributed by atoms with van der Waals surface area (Å²) in [5, 5.41) is 3.32. The molecule has 0 aliphatic heterocycles. The van der Waals surface area contributed by atoms with Gasteiger partial charge < -0.3 is 10.2 Å². The summed E-state index contributed by atoms with van der Waals surface area (Å²) >= 11 is 0. The van der Waals surface area contributed by atoms with Crippen LogP contribution in [-0.4, -0.2) is 35.4 Å². The lowest BCUT2D eigenvalue weighted by atomic mass is 10.1. The van der Waals surface area contributed by atoms with Crippen molar-refractivity contribution >= 4 is 11.6 Å². The van der Waals surface area contributed by atoms with Gasteiger partial charge >= 0.3 is 0 Å². The van der Waals surface area contributed by atoms with Crippen molar-refractivity contribution in [2.75, 3.05) is 25.0 Å². The van der Waals surface area contributed by atoms with Gasteiger partial charge in [-0.15, -0.1) is 0 Å². The van der Waals surface area contributed by atoms with Crippen LogP contribution in [0.15, 0.2) is 18.5 Å². The number of nitrogens with one attached hydrogen (secondary N) is 1. The molecule has 1 rings (SSSR count). The summed E-state index contributed by atoms with van der Waals surface area (Å²) in [5.74, 6) is 0.983. The van der Waals surface area contributed by atoms with E-state index in [1.807, 2.05) is 11.0 Å². The van der Waals surface area contributed by atoms with Gasteiger partial charge in [-0.3, -0.25) is 9.78 Å². The van der Waals surface area contributed by atoms with E-state index in [-0.39, 0.29) is 5.91 Å². The first-order valence-corrected chi connectivity index (χ1v) is 7.92. The van der Waals surface area contributed by atoms with Crippen molar-refractivity contribution in [2.45, 2.75) is 41.0 Å². The van der Waals surface area contributed by atoms with E-state index in [1.54, 1.807) is 12.4 Å². The van der Waals surface area contributed by atoms with Crippen molar-refractivity contribution < 1.29 is 4.79 Å². The number of rotatable bonds is 8. The Labute approximate surface area is 129 Å². The molecule has 1 aromatic rings. The molecule has 0 fully saturated rings. The van der Waals surface area contributed by atoms with Crippen LogP contribution >= 0.6 is 0 Å². The molecule has 118 valence electrons. The second-order valence-corrected chi connectivity index (χ2v) is 6.35. The maximum Gasteiger partial charge on any atom is 0.257 e. The van der Waals surface area contributed by atoms with E-state index in [0.29, 0.717) is 17.4 Å². The number of aromatic nitrogens is 1. The predicted octanol–water partition coefficient (Wildman–Crippen LogP) is 3.66. The first-order chi connectivity index (χ1) is 9.95. The van der Waals surface area contributed by atoms with E-state index >= 15 is 0 Å². The quantitative estimate of drug-likeness (QED) is 0.795. The highest BCUT2D eigenvalue weighted by Crippen LogP contribution is 2.18. The molecule has 4 nitrogen and oxygen atoms in total. The average Bonchev–Trinajstić information content (AvgIpc) is 2.43. The minimum Gasteiger partial charge on any atom is -0.384 e. The van der Waals surface area contributed by atoms with Crippen LogP contribution in [-0.2, 0) is 0 Å². The summed E-state index contributed by atoms with van der Waals surface area (Å²) in [5.41, 5.74) is 1.56. The Bertz CT molecular complexity index is 433. The van der Waals surface area contributed by atoms with Gasteiger partial charge in [0, 0.05) is 32.0 Å².